The maximum Gasteiger partial charge on any atom is 0.353 e. The number of hydrogen-bond donors (Lipinski definition) is 2. The summed E-state index contributed by atoms with van der Waals surface area (Å²) in [5, 5.41) is 9.01. The van der Waals surface area contributed by atoms with Crippen molar-refractivity contribution >= 4 is 5.97 Å². The number of nitrogens with zero attached hydrogens (tertiary/aromatic N) is 1. The fourth-order valence-electron chi connectivity index (χ4n) is 2.58. The summed E-state index contributed by atoms with van der Waals surface area (Å²) in [7, 11) is 0. The van der Waals surface area contributed by atoms with E-state index in [0.29, 0.717) is 5.82 Å². The smallest absolute Gasteiger partial charge is 0.353 e. The first-order valence-corrected chi connectivity index (χ1v) is 7.55. The number of aromatic carboxylic acids is 1. The van der Waals surface area contributed by atoms with Crippen LogP contribution in [0, 0.1) is 6.92 Å². The van der Waals surface area contributed by atoms with E-state index in [1.165, 1.54) is 17.3 Å². The Labute approximate surface area is 134 Å². The third-order valence-corrected chi connectivity index (χ3v) is 3.91. The summed E-state index contributed by atoms with van der Waals surface area (Å²) in [5.74, 6) is -0.400. The summed E-state index contributed by atoms with van der Waals surface area (Å²) >= 11 is 0. The van der Waals surface area contributed by atoms with E-state index in [-0.39, 0.29) is 5.69 Å². The fourth-order valence-corrected chi connectivity index (χ4v) is 2.58. The minimum atomic E-state index is -0.998. The molecule has 3 aromatic rings. The Bertz CT molecular complexity index is 822. The van der Waals surface area contributed by atoms with Crippen LogP contribution in [0.5, 0.6) is 0 Å². The molecule has 0 radical (unpaired) electrons. The topological polar surface area (TPSA) is 66.0 Å². The number of rotatable bonds is 5. The van der Waals surface area contributed by atoms with Gasteiger partial charge in [0.25, 0.3) is 0 Å². The molecular weight excluding hydrogens is 288 g/mol. The molecule has 3 rings (SSSR count). The molecular formula is C19H18N2O2. The van der Waals surface area contributed by atoms with Crippen molar-refractivity contribution in [2.75, 3.05) is 0 Å². The molecule has 0 fully saturated rings. The average molecular weight is 306 g/mol. The molecule has 2 aromatic carbocycles. The molecule has 0 aliphatic heterocycles. The van der Waals surface area contributed by atoms with Gasteiger partial charge in [-0.3, -0.25) is 0 Å². The van der Waals surface area contributed by atoms with Crippen LogP contribution in [-0.2, 0) is 12.8 Å². The lowest BCUT2D eigenvalue weighted by atomic mass is 9.99. The Morgan fingerprint density at radius 3 is 2.52 bits per heavy atom. The van der Waals surface area contributed by atoms with E-state index in [2.05, 4.69) is 40.3 Å². The number of imidazole rings is 1. The first-order valence-electron chi connectivity index (χ1n) is 7.55. The predicted molar refractivity (Wildman–Crippen MR) is 89.6 cm³/mol. The van der Waals surface area contributed by atoms with Crippen LogP contribution in [0.25, 0.3) is 11.4 Å². The number of carboxylic acids is 1. The molecule has 0 atom stereocenters. The molecule has 0 unspecified atom stereocenters. The van der Waals surface area contributed by atoms with E-state index in [0.717, 1.165) is 24.0 Å². The van der Waals surface area contributed by atoms with Gasteiger partial charge in [0, 0.05) is 5.56 Å². The molecule has 2 N–H and O–H groups in total. The van der Waals surface area contributed by atoms with Crippen molar-refractivity contribution < 1.29 is 9.90 Å². The van der Waals surface area contributed by atoms with E-state index >= 15 is 0 Å². The van der Waals surface area contributed by atoms with Crippen molar-refractivity contribution in [2.45, 2.75) is 19.8 Å². The highest BCUT2D eigenvalue weighted by molar-refractivity contribution is 5.86. The highest BCUT2D eigenvalue weighted by Crippen LogP contribution is 2.23. The van der Waals surface area contributed by atoms with Crippen LogP contribution in [0.1, 0.15) is 27.2 Å². The molecule has 4 nitrogen and oxygen atoms in total. The summed E-state index contributed by atoms with van der Waals surface area (Å²) in [4.78, 5) is 18.0. The second kappa shape index (κ2) is 6.48. The predicted octanol–water partition coefficient (Wildman–Crippen LogP) is 3.87. The van der Waals surface area contributed by atoms with Gasteiger partial charge in [-0.2, -0.15) is 0 Å². The summed E-state index contributed by atoms with van der Waals surface area (Å²) < 4.78 is 0. The Balaban J connectivity index is 1.82. The third-order valence-electron chi connectivity index (χ3n) is 3.91. The van der Waals surface area contributed by atoms with Crippen LogP contribution in [0.15, 0.2) is 54.7 Å². The number of carbonyl (C=O) groups is 1. The van der Waals surface area contributed by atoms with Gasteiger partial charge in [0.15, 0.2) is 0 Å². The van der Waals surface area contributed by atoms with Gasteiger partial charge >= 0.3 is 5.97 Å². The van der Waals surface area contributed by atoms with Crippen molar-refractivity contribution in [1.82, 2.24) is 9.97 Å². The van der Waals surface area contributed by atoms with Crippen LogP contribution in [0.3, 0.4) is 0 Å². The van der Waals surface area contributed by atoms with Gasteiger partial charge in [-0.25, -0.2) is 9.78 Å². The van der Waals surface area contributed by atoms with E-state index < -0.39 is 5.97 Å². The Kier molecular flexibility index (Phi) is 4.24. The van der Waals surface area contributed by atoms with Crippen LogP contribution in [-0.4, -0.2) is 21.0 Å². The number of carboxylic acid groups (broad SMARTS) is 1. The number of benzene rings is 2. The van der Waals surface area contributed by atoms with E-state index in [1.54, 1.807) is 0 Å². The molecule has 0 saturated carbocycles. The molecule has 0 saturated heterocycles. The average Bonchev–Trinajstić information content (AvgIpc) is 3.05. The summed E-state index contributed by atoms with van der Waals surface area (Å²) in [6.45, 7) is 2.00. The van der Waals surface area contributed by atoms with Crippen LogP contribution < -0.4 is 0 Å². The van der Waals surface area contributed by atoms with E-state index in [4.69, 9.17) is 5.11 Å². The molecule has 0 amide bonds. The number of H-pyrrole nitrogens is 1. The molecule has 4 heteroatoms. The fraction of sp³-hybridized carbons (Fsp3) is 0.158. The second-order valence-corrected chi connectivity index (χ2v) is 5.59. The van der Waals surface area contributed by atoms with Crippen LogP contribution >= 0.6 is 0 Å². The molecule has 0 aliphatic rings. The highest BCUT2D eigenvalue weighted by Gasteiger charge is 2.11. The quantitative estimate of drug-likeness (QED) is 0.752. The van der Waals surface area contributed by atoms with Gasteiger partial charge in [0.05, 0.1) is 6.20 Å². The minimum absolute atomic E-state index is 0.106. The maximum absolute atomic E-state index is 11.0. The second-order valence-electron chi connectivity index (χ2n) is 5.59. The molecule has 1 aromatic heterocycles. The molecule has 0 spiro atoms. The minimum Gasteiger partial charge on any atom is -0.477 e. The highest BCUT2D eigenvalue weighted by atomic mass is 16.4. The molecule has 0 aliphatic carbocycles. The Morgan fingerprint density at radius 1 is 1.09 bits per heavy atom. The molecule has 0 bridgehead atoms. The van der Waals surface area contributed by atoms with Crippen molar-refractivity contribution in [3.05, 3.63) is 77.1 Å². The van der Waals surface area contributed by atoms with Gasteiger partial charge in [0.1, 0.15) is 11.5 Å². The summed E-state index contributed by atoms with van der Waals surface area (Å²) in [5.41, 5.74) is 4.64. The summed E-state index contributed by atoms with van der Waals surface area (Å²) in [6, 6.07) is 16.6. The standard InChI is InChI=1S/C19H18N2O2/c1-13-7-8-15(10-9-14-5-3-2-4-6-14)11-16(13)18-20-12-17(21-18)19(22)23/h2-8,11-12H,9-10H2,1H3,(H,20,21)(H,22,23). The van der Waals surface area contributed by atoms with E-state index in [1.807, 2.05) is 25.1 Å². The van der Waals surface area contributed by atoms with Crippen LogP contribution in [0.2, 0.25) is 0 Å². The lowest BCUT2D eigenvalue weighted by Gasteiger charge is -2.07. The largest absolute Gasteiger partial charge is 0.477 e. The first-order chi connectivity index (χ1) is 11.1. The molecule has 23 heavy (non-hydrogen) atoms. The number of nitrogens with one attached hydrogen (secondary N) is 1. The monoisotopic (exact) mass is 306 g/mol. The van der Waals surface area contributed by atoms with Gasteiger partial charge in [-0.15, -0.1) is 0 Å². The van der Waals surface area contributed by atoms with Gasteiger partial charge in [0.2, 0.25) is 0 Å². The van der Waals surface area contributed by atoms with Crippen molar-refractivity contribution in [3.63, 3.8) is 0 Å². The maximum atomic E-state index is 11.0. The van der Waals surface area contributed by atoms with Crippen molar-refractivity contribution in [3.8, 4) is 11.4 Å². The summed E-state index contributed by atoms with van der Waals surface area (Å²) in [6.07, 6.45) is 3.26. The van der Waals surface area contributed by atoms with E-state index in [9.17, 15) is 4.79 Å². The number of aromatic nitrogens is 2. The molecule has 116 valence electrons. The molecule has 1 heterocycles. The number of aromatic amines is 1. The van der Waals surface area contributed by atoms with Gasteiger partial charge < -0.3 is 10.1 Å². The lowest BCUT2D eigenvalue weighted by molar-refractivity contribution is 0.0691. The Morgan fingerprint density at radius 2 is 1.83 bits per heavy atom. The number of aryl methyl sites for hydroxylation is 3. The zero-order valence-corrected chi connectivity index (χ0v) is 12.9. The zero-order valence-electron chi connectivity index (χ0n) is 12.9. The van der Waals surface area contributed by atoms with Gasteiger partial charge in [-0.1, -0.05) is 42.5 Å². The normalized spacial score (nSPS) is 10.7. The van der Waals surface area contributed by atoms with Crippen molar-refractivity contribution in [1.29, 1.82) is 0 Å². The number of hydrogen-bond acceptors (Lipinski definition) is 2. The SMILES string of the molecule is Cc1ccc(CCc2ccccc2)cc1-c1ncc(C(=O)O)[nH]1. The first kappa shape index (κ1) is 15.0. The lowest BCUT2D eigenvalue weighted by Crippen LogP contribution is -1.96. The van der Waals surface area contributed by atoms with Crippen LogP contribution in [0.4, 0.5) is 0 Å². The third kappa shape index (κ3) is 3.48. The van der Waals surface area contributed by atoms with Gasteiger partial charge in [-0.05, 0) is 42.5 Å². The zero-order chi connectivity index (χ0) is 16.2. The van der Waals surface area contributed by atoms with Crippen molar-refractivity contribution in [2.24, 2.45) is 0 Å². The Hall–Kier alpha value is -2.88.